The molecule has 0 saturated carbocycles. The highest BCUT2D eigenvalue weighted by Gasteiger charge is 2.26. The monoisotopic (exact) mass is 383 g/mol. The fourth-order valence-electron chi connectivity index (χ4n) is 4.02. The number of hydrogen-bond donors (Lipinski definition) is 1. The Morgan fingerprint density at radius 2 is 1.93 bits per heavy atom. The molecule has 1 aromatic carbocycles. The third-order valence-corrected chi connectivity index (χ3v) is 5.47. The molecular weight excluding hydrogens is 354 g/mol. The van der Waals surface area contributed by atoms with Crippen LogP contribution in [-0.4, -0.2) is 61.3 Å². The summed E-state index contributed by atoms with van der Waals surface area (Å²) in [5.74, 6) is 1.62. The van der Waals surface area contributed by atoms with Crippen molar-refractivity contribution < 1.29 is 13.9 Å². The van der Waals surface area contributed by atoms with Crippen molar-refractivity contribution in [3.63, 3.8) is 0 Å². The number of carbonyl (C=O) groups excluding carboxylic acids is 1. The molecule has 1 N–H and O–H groups in total. The maximum Gasteiger partial charge on any atom is 0.321 e. The van der Waals surface area contributed by atoms with Gasteiger partial charge in [-0.25, -0.2) is 4.79 Å². The largest absolute Gasteiger partial charge is 0.461 e. The van der Waals surface area contributed by atoms with Crippen molar-refractivity contribution >= 4 is 11.7 Å². The van der Waals surface area contributed by atoms with Gasteiger partial charge in [0.15, 0.2) is 0 Å². The number of amides is 2. The van der Waals surface area contributed by atoms with Gasteiger partial charge in [-0.2, -0.15) is 0 Å². The second-order valence-electron chi connectivity index (χ2n) is 7.69. The molecule has 2 fully saturated rings. The van der Waals surface area contributed by atoms with Crippen LogP contribution in [0.15, 0.2) is 40.8 Å². The predicted octanol–water partition coefficient (Wildman–Crippen LogP) is 3.97. The van der Waals surface area contributed by atoms with Gasteiger partial charge < -0.3 is 24.3 Å². The smallest absolute Gasteiger partial charge is 0.321 e. The number of benzene rings is 1. The van der Waals surface area contributed by atoms with E-state index in [-0.39, 0.29) is 12.1 Å². The van der Waals surface area contributed by atoms with Crippen LogP contribution in [0.4, 0.5) is 10.5 Å². The minimum atomic E-state index is -0.0762. The number of urea groups is 1. The number of anilines is 1. The zero-order valence-electron chi connectivity index (χ0n) is 16.5. The van der Waals surface area contributed by atoms with Crippen LogP contribution in [-0.2, 0) is 4.74 Å². The van der Waals surface area contributed by atoms with E-state index in [1.807, 2.05) is 48.2 Å². The van der Waals surface area contributed by atoms with Crippen molar-refractivity contribution in [2.75, 3.05) is 44.6 Å². The van der Waals surface area contributed by atoms with E-state index < -0.39 is 0 Å². The maximum atomic E-state index is 13.0. The van der Waals surface area contributed by atoms with Gasteiger partial charge in [-0.3, -0.25) is 0 Å². The lowest BCUT2D eigenvalue weighted by molar-refractivity contribution is 0.0355. The van der Waals surface area contributed by atoms with Crippen molar-refractivity contribution in [3.8, 4) is 11.3 Å². The second kappa shape index (κ2) is 8.80. The van der Waals surface area contributed by atoms with E-state index in [0.717, 1.165) is 48.8 Å². The van der Waals surface area contributed by atoms with E-state index >= 15 is 0 Å². The highest BCUT2D eigenvalue weighted by molar-refractivity contribution is 5.93. The van der Waals surface area contributed by atoms with Crippen LogP contribution in [0.25, 0.3) is 11.3 Å². The van der Waals surface area contributed by atoms with E-state index in [2.05, 4.69) is 10.2 Å². The molecule has 2 aromatic rings. The maximum absolute atomic E-state index is 13.0. The van der Waals surface area contributed by atoms with Gasteiger partial charge in [0.2, 0.25) is 0 Å². The lowest BCUT2D eigenvalue weighted by Gasteiger charge is -2.27. The molecule has 0 spiro atoms. The summed E-state index contributed by atoms with van der Waals surface area (Å²) >= 11 is 0. The minimum Gasteiger partial charge on any atom is -0.461 e. The van der Waals surface area contributed by atoms with Gasteiger partial charge in [-0.05, 0) is 63.5 Å². The Balaban J connectivity index is 1.44. The number of para-hydroxylation sites is 1. The number of nitrogens with one attached hydrogen (secondary N) is 1. The molecule has 0 aliphatic carbocycles. The molecule has 2 aliphatic rings. The van der Waals surface area contributed by atoms with Gasteiger partial charge >= 0.3 is 6.03 Å². The zero-order chi connectivity index (χ0) is 19.3. The molecular formula is C22H29N3O3. The molecule has 0 unspecified atom stereocenters. The molecule has 0 radical (unpaired) electrons. The summed E-state index contributed by atoms with van der Waals surface area (Å²) in [6.07, 6.45) is 3.47. The summed E-state index contributed by atoms with van der Waals surface area (Å²) < 4.78 is 11.8. The van der Waals surface area contributed by atoms with Gasteiger partial charge in [0.1, 0.15) is 11.5 Å². The molecule has 1 atom stereocenters. The quantitative estimate of drug-likeness (QED) is 0.868. The Bertz CT molecular complexity index is 798. The first-order valence-electron chi connectivity index (χ1n) is 10.2. The molecule has 150 valence electrons. The van der Waals surface area contributed by atoms with Gasteiger partial charge in [-0.1, -0.05) is 12.1 Å². The van der Waals surface area contributed by atoms with Crippen LogP contribution < -0.4 is 5.32 Å². The third kappa shape index (κ3) is 4.56. The lowest BCUT2D eigenvalue weighted by Crippen LogP contribution is -2.43. The first-order chi connectivity index (χ1) is 13.7. The standard InChI is InChI=1S/C22H29N3O3/c1-17-9-10-21(28-17)19-7-2-3-8-20(19)23-22(26)25-13-6-14-27-18(16-25)15-24-11-4-5-12-24/h2-3,7-10,18H,4-6,11-16H2,1H3,(H,23,26)/t18-/m1/s1. The summed E-state index contributed by atoms with van der Waals surface area (Å²) in [5.41, 5.74) is 1.66. The van der Waals surface area contributed by atoms with Crippen LogP contribution in [0.5, 0.6) is 0 Å². The Labute approximate surface area is 166 Å². The first-order valence-corrected chi connectivity index (χ1v) is 10.2. The fourth-order valence-corrected chi connectivity index (χ4v) is 4.02. The number of furan rings is 1. The van der Waals surface area contributed by atoms with Crippen molar-refractivity contribution in [2.45, 2.75) is 32.3 Å². The second-order valence-corrected chi connectivity index (χ2v) is 7.69. The highest BCUT2D eigenvalue weighted by atomic mass is 16.5. The van der Waals surface area contributed by atoms with E-state index in [1.54, 1.807) is 0 Å². The normalized spacial score (nSPS) is 20.9. The number of carbonyl (C=O) groups is 1. The van der Waals surface area contributed by atoms with Gasteiger partial charge in [0.05, 0.1) is 11.8 Å². The molecule has 2 aliphatic heterocycles. The minimum absolute atomic E-state index is 0.0762. The third-order valence-electron chi connectivity index (χ3n) is 5.47. The van der Waals surface area contributed by atoms with Crippen molar-refractivity contribution in [3.05, 3.63) is 42.2 Å². The molecule has 2 saturated heterocycles. The molecule has 1 aromatic heterocycles. The number of nitrogens with zero attached hydrogens (tertiary/aromatic N) is 2. The average molecular weight is 383 g/mol. The Hall–Kier alpha value is -2.31. The van der Waals surface area contributed by atoms with Crippen LogP contribution in [0.2, 0.25) is 0 Å². The molecule has 4 rings (SSSR count). The molecule has 2 amide bonds. The highest BCUT2D eigenvalue weighted by Crippen LogP contribution is 2.29. The Morgan fingerprint density at radius 3 is 2.71 bits per heavy atom. The van der Waals surface area contributed by atoms with E-state index in [9.17, 15) is 4.79 Å². The first kappa shape index (κ1) is 19.0. The van der Waals surface area contributed by atoms with E-state index in [4.69, 9.17) is 9.15 Å². The Morgan fingerprint density at radius 1 is 1.11 bits per heavy atom. The average Bonchev–Trinajstić information content (AvgIpc) is 3.30. The van der Waals surface area contributed by atoms with Crippen LogP contribution in [0.1, 0.15) is 25.0 Å². The zero-order valence-corrected chi connectivity index (χ0v) is 16.5. The molecule has 28 heavy (non-hydrogen) atoms. The number of aryl methyl sites for hydroxylation is 1. The summed E-state index contributed by atoms with van der Waals surface area (Å²) in [6.45, 7) is 7.16. The topological polar surface area (TPSA) is 58.0 Å². The van der Waals surface area contributed by atoms with Crippen LogP contribution >= 0.6 is 0 Å². The van der Waals surface area contributed by atoms with Crippen LogP contribution in [0.3, 0.4) is 0 Å². The SMILES string of the molecule is Cc1ccc(-c2ccccc2NC(=O)N2CCCO[C@H](CN3CCCC3)C2)o1. The van der Waals surface area contributed by atoms with Gasteiger partial charge in [-0.15, -0.1) is 0 Å². The summed E-state index contributed by atoms with van der Waals surface area (Å²) in [7, 11) is 0. The molecule has 6 heteroatoms. The molecule has 3 heterocycles. The molecule has 0 bridgehead atoms. The molecule has 6 nitrogen and oxygen atoms in total. The van der Waals surface area contributed by atoms with E-state index in [1.165, 1.54) is 12.8 Å². The van der Waals surface area contributed by atoms with Crippen molar-refractivity contribution in [1.82, 2.24) is 9.80 Å². The summed E-state index contributed by atoms with van der Waals surface area (Å²) in [6, 6.07) is 11.6. The summed E-state index contributed by atoms with van der Waals surface area (Å²) in [4.78, 5) is 17.3. The number of ether oxygens (including phenoxy) is 1. The lowest BCUT2D eigenvalue weighted by atomic mass is 10.1. The summed E-state index contributed by atoms with van der Waals surface area (Å²) in [5, 5.41) is 3.09. The van der Waals surface area contributed by atoms with Gasteiger partial charge in [0.25, 0.3) is 0 Å². The number of likely N-dealkylation sites (tertiary alicyclic amines) is 1. The fraction of sp³-hybridized carbons (Fsp3) is 0.500. The van der Waals surface area contributed by atoms with Crippen LogP contribution in [0, 0.1) is 6.92 Å². The van der Waals surface area contributed by atoms with E-state index in [0.29, 0.717) is 19.7 Å². The van der Waals surface area contributed by atoms with Crippen molar-refractivity contribution in [2.24, 2.45) is 0 Å². The Kier molecular flexibility index (Phi) is 5.98. The predicted molar refractivity (Wildman–Crippen MR) is 110 cm³/mol. The van der Waals surface area contributed by atoms with Gasteiger partial charge in [0, 0.05) is 31.8 Å². The number of hydrogen-bond acceptors (Lipinski definition) is 4. The number of rotatable bonds is 4. The van der Waals surface area contributed by atoms with Crippen molar-refractivity contribution in [1.29, 1.82) is 0 Å².